The smallest absolute Gasteiger partial charge is 0.230 e. The molecule has 11 heteroatoms. The van der Waals surface area contributed by atoms with Crippen molar-refractivity contribution < 1.29 is 26.4 Å². The second kappa shape index (κ2) is 9.26. The quantitative estimate of drug-likeness (QED) is 0.553. The van der Waals surface area contributed by atoms with Gasteiger partial charge in [0.1, 0.15) is 22.5 Å². The summed E-state index contributed by atoms with van der Waals surface area (Å²) in [6.07, 6.45) is 0. The summed E-state index contributed by atoms with van der Waals surface area (Å²) in [4.78, 5) is 11.7. The molecule has 0 saturated heterocycles. The van der Waals surface area contributed by atoms with Crippen LogP contribution in [0.2, 0.25) is 0 Å². The number of carbonyl (C=O) groups is 1. The van der Waals surface area contributed by atoms with E-state index in [-0.39, 0.29) is 27.8 Å². The van der Waals surface area contributed by atoms with Crippen LogP contribution in [-0.2, 0) is 21.2 Å². The van der Waals surface area contributed by atoms with Crippen LogP contribution < -0.4 is 5.32 Å². The average molecular weight is 453 g/mol. The van der Waals surface area contributed by atoms with Crippen molar-refractivity contribution in [1.29, 1.82) is 0 Å². The standard InChI is InChI=1S/C19H14F3N3O3S2/c20-13-2-1-3-16(9-13)30(27,28)19-5-4-18(24-25-19)29-11-17(26)23-10-12-6-14(21)8-15(22)7-12/h1-9H,10-11H2,(H,23,26). The predicted octanol–water partition coefficient (Wildman–Crippen LogP) is 3.14. The van der Waals surface area contributed by atoms with Crippen LogP contribution in [0.1, 0.15) is 5.56 Å². The van der Waals surface area contributed by atoms with Gasteiger partial charge >= 0.3 is 0 Å². The molecule has 3 rings (SSSR count). The maximum Gasteiger partial charge on any atom is 0.230 e. The molecule has 0 bridgehead atoms. The van der Waals surface area contributed by atoms with Crippen LogP contribution in [0, 0.1) is 17.5 Å². The number of rotatable bonds is 7. The third-order valence-corrected chi connectivity index (χ3v) is 6.32. The molecular weight excluding hydrogens is 439 g/mol. The fourth-order valence-electron chi connectivity index (χ4n) is 2.39. The molecule has 0 spiro atoms. The number of nitrogens with zero attached hydrogens (tertiary/aromatic N) is 2. The molecule has 2 aromatic carbocycles. The summed E-state index contributed by atoms with van der Waals surface area (Å²) < 4.78 is 64.4. The Balaban J connectivity index is 1.57. The van der Waals surface area contributed by atoms with E-state index < -0.39 is 33.2 Å². The van der Waals surface area contributed by atoms with Gasteiger partial charge in [0.2, 0.25) is 15.7 Å². The van der Waals surface area contributed by atoms with Crippen LogP contribution in [0.25, 0.3) is 0 Å². The van der Waals surface area contributed by atoms with Crippen LogP contribution >= 0.6 is 11.8 Å². The molecule has 0 aliphatic rings. The minimum atomic E-state index is -4.02. The Morgan fingerprint density at radius 1 is 0.933 bits per heavy atom. The fraction of sp³-hybridized carbons (Fsp3) is 0.105. The van der Waals surface area contributed by atoms with Crippen LogP contribution in [0.3, 0.4) is 0 Å². The van der Waals surface area contributed by atoms with E-state index in [1.807, 2.05) is 0 Å². The van der Waals surface area contributed by atoms with E-state index in [9.17, 15) is 26.4 Å². The normalized spacial score (nSPS) is 11.3. The highest BCUT2D eigenvalue weighted by atomic mass is 32.2. The number of carbonyl (C=O) groups excluding carboxylic acids is 1. The number of sulfone groups is 1. The molecule has 156 valence electrons. The van der Waals surface area contributed by atoms with Crippen molar-refractivity contribution in [3.8, 4) is 0 Å². The zero-order valence-electron chi connectivity index (χ0n) is 15.2. The van der Waals surface area contributed by atoms with Crippen molar-refractivity contribution in [2.24, 2.45) is 0 Å². The highest BCUT2D eigenvalue weighted by Gasteiger charge is 2.20. The Labute approximate surface area is 174 Å². The highest BCUT2D eigenvalue weighted by molar-refractivity contribution is 7.99. The third kappa shape index (κ3) is 5.57. The first kappa shape index (κ1) is 21.8. The van der Waals surface area contributed by atoms with Crippen molar-refractivity contribution in [1.82, 2.24) is 15.5 Å². The number of nitrogens with one attached hydrogen (secondary N) is 1. The Morgan fingerprint density at radius 3 is 2.30 bits per heavy atom. The second-order valence-corrected chi connectivity index (χ2v) is 8.91. The monoisotopic (exact) mass is 453 g/mol. The number of amides is 1. The van der Waals surface area contributed by atoms with Gasteiger partial charge in [-0.05, 0) is 48.0 Å². The van der Waals surface area contributed by atoms with Crippen molar-refractivity contribution in [3.63, 3.8) is 0 Å². The van der Waals surface area contributed by atoms with Crippen LogP contribution in [0.4, 0.5) is 13.2 Å². The van der Waals surface area contributed by atoms with Crippen LogP contribution in [0.5, 0.6) is 0 Å². The number of benzene rings is 2. The van der Waals surface area contributed by atoms with Gasteiger partial charge in [0.05, 0.1) is 10.6 Å². The first-order chi connectivity index (χ1) is 14.2. The third-order valence-electron chi connectivity index (χ3n) is 3.76. The van der Waals surface area contributed by atoms with E-state index >= 15 is 0 Å². The zero-order chi connectivity index (χ0) is 21.7. The van der Waals surface area contributed by atoms with Gasteiger partial charge < -0.3 is 5.32 Å². The molecule has 0 atom stereocenters. The Hall–Kier alpha value is -2.92. The summed E-state index contributed by atoms with van der Waals surface area (Å²) in [6.45, 7) is -0.0510. The summed E-state index contributed by atoms with van der Waals surface area (Å²) in [5.41, 5.74) is 0.276. The number of hydrogen-bond donors (Lipinski definition) is 1. The molecule has 30 heavy (non-hydrogen) atoms. The molecule has 0 aliphatic carbocycles. The van der Waals surface area contributed by atoms with Crippen molar-refractivity contribution in [2.45, 2.75) is 21.5 Å². The molecule has 6 nitrogen and oxygen atoms in total. The molecular formula is C19H14F3N3O3S2. The molecule has 1 aromatic heterocycles. The molecule has 0 fully saturated rings. The zero-order valence-corrected chi connectivity index (χ0v) is 16.8. The van der Waals surface area contributed by atoms with Gasteiger partial charge in [-0.25, -0.2) is 21.6 Å². The van der Waals surface area contributed by atoms with Gasteiger partial charge in [0.15, 0.2) is 5.03 Å². The minimum absolute atomic E-state index is 0.0510. The molecule has 0 radical (unpaired) electrons. The molecule has 3 aromatic rings. The summed E-state index contributed by atoms with van der Waals surface area (Å²) in [5, 5.41) is 9.87. The molecule has 1 N–H and O–H groups in total. The average Bonchev–Trinajstić information content (AvgIpc) is 2.70. The Bertz CT molecular complexity index is 1150. The van der Waals surface area contributed by atoms with E-state index in [1.165, 1.54) is 24.3 Å². The molecule has 0 unspecified atom stereocenters. The number of hydrogen-bond acceptors (Lipinski definition) is 6. The van der Waals surface area contributed by atoms with Crippen molar-refractivity contribution >= 4 is 27.5 Å². The topological polar surface area (TPSA) is 89.0 Å². The highest BCUT2D eigenvalue weighted by Crippen LogP contribution is 2.21. The maximum absolute atomic E-state index is 13.3. The van der Waals surface area contributed by atoms with Crippen LogP contribution in [0.15, 0.2) is 69.5 Å². The van der Waals surface area contributed by atoms with E-state index in [0.717, 1.165) is 42.1 Å². The van der Waals surface area contributed by atoms with Gasteiger partial charge in [-0.3, -0.25) is 4.79 Å². The van der Waals surface area contributed by atoms with Gasteiger partial charge in [0.25, 0.3) is 0 Å². The predicted molar refractivity (Wildman–Crippen MR) is 103 cm³/mol. The molecule has 0 saturated carbocycles. The lowest BCUT2D eigenvalue weighted by molar-refractivity contribution is -0.118. The maximum atomic E-state index is 13.3. The summed E-state index contributed by atoms with van der Waals surface area (Å²) in [7, 11) is -4.02. The fourth-order valence-corrected chi connectivity index (χ4v) is 4.19. The first-order valence-corrected chi connectivity index (χ1v) is 10.9. The lowest BCUT2D eigenvalue weighted by atomic mass is 10.2. The largest absolute Gasteiger partial charge is 0.351 e. The van der Waals surface area contributed by atoms with E-state index in [4.69, 9.17) is 0 Å². The molecule has 1 heterocycles. The van der Waals surface area contributed by atoms with Gasteiger partial charge in [-0.1, -0.05) is 17.8 Å². The van der Waals surface area contributed by atoms with E-state index in [0.29, 0.717) is 5.03 Å². The van der Waals surface area contributed by atoms with Crippen LogP contribution in [-0.4, -0.2) is 30.3 Å². The number of thioether (sulfide) groups is 1. The second-order valence-electron chi connectivity index (χ2n) is 6.01. The van der Waals surface area contributed by atoms with E-state index in [1.54, 1.807) is 0 Å². The molecule has 1 amide bonds. The number of halogens is 3. The Morgan fingerprint density at radius 2 is 1.67 bits per heavy atom. The van der Waals surface area contributed by atoms with Gasteiger partial charge in [-0.15, -0.1) is 10.2 Å². The van der Waals surface area contributed by atoms with Crippen molar-refractivity contribution in [2.75, 3.05) is 5.75 Å². The summed E-state index contributed by atoms with van der Waals surface area (Å²) in [5.74, 6) is -2.65. The minimum Gasteiger partial charge on any atom is -0.351 e. The lowest BCUT2D eigenvalue weighted by Gasteiger charge is -2.06. The van der Waals surface area contributed by atoms with Gasteiger partial charge in [0, 0.05) is 12.6 Å². The lowest BCUT2D eigenvalue weighted by Crippen LogP contribution is -2.24. The SMILES string of the molecule is O=C(CSc1ccc(S(=O)(=O)c2cccc(F)c2)nn1)NCc1cc(F)cc(F)c1. The van der Waals surface area contributed by atoms with Gasteiger partial charge in [-0.2, -0.15) is 0 Å². The summed E-state index contributed by atoms with van der Waals surface area (Å²) in [6, 6.07) is 10.1. The Kier molecular flexibility index (Phi) is 6.73. The molecule has 0 aliphatic heterocycles. The van der Waals surface area contributed by atoms with E-state index in [2.05, 4.69) is 15.5 Å². The summed E-state index contributed by atoms with van der Waals surface area (Å²) >= 11 is 0.999. The number of aromatic nitrogens is 2. The first-order valence-electron chi connectivity index (χ1n) is 8.43. The van der Waals surface area contributed by atoms with Crippen molar-refractivity contribution in [3.05, 3.63) is 77.6 Å².